The van der Waals surface area contributed by atoms with Crippen molar-refractivity contribution in [2.75, 3.05) is 13.6 Å². The van der Waals surface area contributed by atoms with E-state index in [1.807, 2.05) is 37.5 Å². The Bertz CT molecular complexity index is 479. The van der Waals surface area contributed by atoms with Gasteiger partial charge in [0, 0.05) is 21.8 Å². The third kappa shape index (κ3) is 2.87. The van der Waals surface area contributed by atoms with Crippen LogP contribution in [0.5, 0.6) is 0 Å². The standard InChI is InChI=1S/C13H16ClN3/c1-15-8-4-7-13-11(9-16-17-13)10-5-2-3-6-12(10)14/h2-3,5-6,9,15H,4,7-8H2,1H3,(H,16,17). The minimum Gasteiger partial charge on any atom is -0.320 e. The first-order valence-corrected chi connectivity index (χ1v) is 6.12. The van der Waals surface area contributed by atoms with Crippen LogP contribution in [0.4, 0.5) is 0 Å². The number of aryl methyl sites for hydroxylation is 1. The minimum atomic E-state index is 0.767. The van der Waals surface area contributed by atoms with Crippen molar-refractivity contribution in [3.8, 4) is 11.1 Å². The number of H-pyrrole nitrogens is 1. The highest BCUT2D eigenvalue weighted by Crippen LogP contribution is 2.29. The number of hydrogen-bond acceptors (Lipinski definition) is 2. The summed E-state index contributed by atoms with van der Waals surface area (Å²) in [5.74, 6) is 0. The number of halogens is 1. The average Bonchev–Trinajstić information content (AvgIpc) is 2.78. The third-order valence-corrected chi connectivity index (χ3v) is 3.07. The van der Waals surface area contributed by atoms with Crippen LogP contribution in [0.3, 0.4) is 0 Å². The highest BCUT2D eigenvalue weighted by Gasteiger charge is 2.09. The van der Waals surface area contributed by atoms with Gasteiger partial charge in [-0.1, -0.05) is 29.8 Å². The van der Waals surface area contributed by atoms with Crippen molar-refractivity contribution in [2.24, 2.45) is 0 Å². The molecule has 2 N–H and O–H groups in total. The molecule has 0 atom stereocenters. The van der Waals surface area contributed by atoms with Crippen LogP contribution in [0, 0.1) is 0 Å². The topological polar surface area (TPSA) is 40.7 Å². The lowest BCUT2D eigenvalue weighted by Crippen LogP contribution is -2.08. The molecule has 0 aliphatic rings. The van der Waals surface area contributed by atoms with Crippen molar-refractivity contribution in [3.63, 3.8) is 0 Å². The van der Waals surface area contributed by atoms with E-state index >= 15 is 0 Å². The molecule has 0 saturated heterocycles. The number of benzene rings is 1. The summed E-state index contributed by atoms with van der Waals surface area (Å²) in [5.41, 5.74) is 3.29. The first-order valence-electron chi connectivity index (χ1n) is 5.74. The van der Waals surface area contributed by atoms with E-state index < -0.39 is 0 Å². The molecule has 2 aromatic rings. The van der Waals surface area contributed by atoms with Crippen molar-refractivity contribution < 1.29 is 0 Å². The molecule has 0 aliphatic carbocycles. The smallest absolute Gasteiger partial charge is 0.0569 e. The summed E-state index contributed by atoms with van der Waals surface area (Å²) in [7, 11) is 1.96. The third-order valence-electron chi connectivity index (χ3n) is 2.74. The van der Waals surface area contributed by atoms with Gasteiger partial charge in [0.25, 0.3) is 0 Å². The maximum atomic E-state index is 6.19. The molecule has 0 fully saturated rings. The molecule has 0 aliphatic heterocycles. The van der Waals surface area contributed by atoms with E-state index in [2.05, 4.69) is 15.5 Å². The first-order chi connectivity index (χ1) is 8.33. The van der Waals surface area contributed by atoms with Crippen LogP contribution in [0.15, 0.2) is 30.5 Å². The number of rotatable bonds is 5. The lowest BCUT2D eigenvalue weighted by molar-refractivity contribution is 0.714. The fourth-order valence-electron chi connectivity index (χ4n) is 1.86. The maximum Gasteiger partial charge on any atom is 0.0569 e. The molecule has 1 aromatic heterocycles. The zero-order valence-electron chi connectivity index (χ0n) is 9.83. The maximum absolute atomic E-state index is 6.19. The summed E-state index contributed by atoms with van der Waals surface area (Å²) < 4.78 is 0. The second kappa shape index (κ2) is 5.84. The Labute approximate surface area is 106 Å². The predicted molar refractivity (Wildman–Crippen MR) is 71.3 cm³/mol. The zero-order valence-corrected chi connectivity index (χ0v) is 10.6. The van der Waals surface area contributed by atoms with E-state index in [0.717, 1.165) is 41.2 Å². The number of hydrogen-bond donors (Lipinski definition) is 2. The van der Waals surface area contributed by atoms with Crippen LogP contribution < -0.4 is 5.32 Å². The molecule has 90 valence electrons. The van der Waals surface area contributed by atoms with Crippen LogP contribution in [-0.4, -0.2) is 23.8 Å². The molecule has 17 heavy (non-hydrogen) atoms. The minimum absolute atomic E-state index is 0.767. The Morgan fingerprint density at radius 3 is 2.88 bits per heavy atom. The van der Waals surface area contributed by atoms with E-state index in [1.165, 1.54) is 0 Å². The highest BCUT2D eigenvalue weighted by molar-refractivity contribution is 6.33. The molecular weight excluding hydrogens is 234 g/mol. The van der Waals surface area contributed by atoms with E-state index in [4.69, 9.17) is 11.6 Å². The van der Waals surface area contributed by atoms with Crippen LogP contribution in [0.1, 0.15) is 12.1 Å². The van der Waals surface area contributed by atoms with Gasteiger partial charge in [0.05, 0.1) is 6.20 Å². The Morgan fingerprint density at radius 2 is 2.12 bits per heavy atom. The van der Waals surface area contributed by atoms with Crippen LogP contribution in [-0.2, 0) is 6.42 Å². The van der Waals surface area contributed by atoms with E-state index in [-0.39, 0.29) is 0 Å². The molecule has 4 heteroatoms. The lowest BCUT2D eigenvalue weighted by atomic mass is 10.0. The fraction of sp³-hybridized carbons (Fsp3) is 0.308. The average molecular weight is 250 g/mol. The van der Waals surface area contributed by atoms with Gasteiger partial charge in [0.15, 0.2) is 0 Å². The number of nitrogens with one attached hydrogen (secondary N) is 2. The summed E-state index contributed by atoms with van der Waals surface area (Å²) in [5, 5.41) is 11.1. The SMILES string of the molecule is CNCCCc1[nH]ncc1-c1ccccc1Cl. The van der Waals surface area contributed by atoms with Crippen molar-refractivity contribution in [3.05, 3.63) is 41.2 Å². The van der Waals surface area contributed by atoms with E-state index in [0.29, 0.717) is 0 Å². The zero-order chi connectivity index (χ0) is 12.1. The molecular formula is C13H16ClN3. The predicted octanol–water partition coefficient (Wildman–Crippen LogP) is 2.88. The fourth-order valence-corrected chi connectivity index (χ4v) is 2.09. The number of aromatic amines is 1. The molecule has 0 saturated carbocycles. The van der Waals surface area contributed by atoms with Gasteiger partial charge in [-0.05, 0) is 32.5 Å². The monoisotopic (exact) mass is 249 g/mol. The molecule has 0 radical (unpaired) electrons. The summed E-state index contributed by atoms with van der Waals surface area (Å²) in [6.45, 7) is 1.00. The number of nitrogens with zero attached hydrogens (tertiary/aromatic N) is 1. The molecule has 2 rings (SSSR count). The molecule has 3 nitrogen and oxygen atoms in total. The molecule has 0 unspecified atom stereocenters. The lowest BCUT2D eigenvalue weighted by Gasteiger charge is -2.05. The Balaban J connectivity index is 2.22. The molecule has 0 bridgehead atoms. The van der Waals surface area contributed by atoms with Crippen molar-refractivity contribution in [1.29, 1.82) is 0 Å². The highest BCUT2D eigenvalue weighted by atomic mass is 35.5. The van der Waals surface area contributed by atoms with Gasteiger partial charge in [-0.15, -0.1) is 0 Å². The van der Waals surface area contributed by atoms with Gasteiger partial charge in [0.2, 0.25) is 0 Å². The van der Waals surface area contributed by atoms with E-state index in [1.54, 1.807) is 0 Å². The van der Waals surface area contributed by atoms with Crippen LogP contribution in [0.2, 0.25) is 5.02 Å². The molecule has 0 amide bonds. The van der Waals surface area contributed by atoms with Crippen LogP contribution in [0.25, 0.3) is 11.1 Å². The molecule has 1 aromatic carbocycles. The summed E-state index contributed by atoms with van der Waals surface area (Å²) >= 11 is 6.19. The van der Waals surface area contributed by atoms with E-state index in [9.17, 15) is 0 Å². The second-order valence-corrected chi connectivity index (χ2v) is 4.36. The Hall–Kier alpha value is -1.32. The largest absolute Gasteiger partial charge is 0.320 e. The quantitative estimate of drug-likeness (QED) is 0.800. The van der Waals surface area contributed by atoms with Crippen molar-refractivity contribution in [2.45, 2.75) is 12.8 Å². The summed E-state index contributed by atoms with van der Waals surface area (Å²) in [6, 6.07) is 7.86. The number of aromatic nitrogens is 2. The van der Waals surface area contributed by atoms with Gasteiger partial charge in [0.1, 0.15) is 0 Å². The van der Waals surface area contributed by atoms with Gasteiger partial charge < -0.3 is 5.32 Å². The van der Waals surface area contributed by atoms with Crippen molar-refractivity contribution >= 4 is 11.6 Å². The van der Waals surface area contributed by atoms with Crippen LogP contribution >= 0.6 is 11.6 Å². The van der Waals surface area contributed by atoms with Gasteiger partial charge in [-0.25, -0.2) is 0 Å². The first kappa shape index (κ1) is 12.1. The van der Waals surface area contributed by atoms with Gasteiger partial charge in [-0.3, -0.25) is 5.10 Å². The summed E-state index contributed by atoms with van der Waals surface area (Å²) in [4.78, 5) is 0. The normalized spacial score (nSPS) is 10.7. The second-order valence-electron chi connectivity index (χ2n) is 3.95. The Morgan fingerprint density at radius 1 is 1.29 bits per heavy atom. The van der Waals surface area contributed by atoms with Crippen molar-refractivity contribution in [1.82, 2.24) is 15.5 Å². The molecule has 0 spiro atoms. The summed E-state index contributed by atoms with van der Waals surface area (Å²) in [6.07, 6.45) is 3.90. The van der Waals surface area contributed by atoms with Gasteiger partial charge >= 0.3 is 0 Å². The Kier molecular flexibility index (Phi) is 4.18. The molecule has 1 heterocycles. The van der Waals surface area contributed by atoms with Gasteiger partial charge in [-0.2, -0.15) is 5.10 Å².